The molecule has 2 heterocycles. The van der Waals surface area contributed by atoms with Gasteiger partial charge in [-0.2, -0.15) is 0 Å². The molecule has 0 spiro atoms. The molecule has 6 rings (SSSR count). The van der Waals surface area contributed by atoms with Crippen molar-refractivity contribution < 1.29 is 4.74 Å². The number of methoxy groups -OCH3 is 1. The van der Waals surface area contributed by atoms with Gasteiger partial charge in [-0.15, -0.1) is 0 Å². The number of hydrogen-bond acceptors (Lipinski definition) is 1. The Hall–Kier alpha value is -4.24. The zero-order valence-corrected chi connectivity index (χ0v) is 18.4. The molecule has 0 aliphatic rings. The van der Waals surface area contributed by atoms with Gasteiger partial charge in [-0.1, -0.05) is 78.9 Å². The number of para-hydroxylation sites is 1. The average Bonchev–Trinajstić information content (AvgIpc) is 3.46. The molecular weight excluding hydrogens is 404 g/mol. The third-order valence-electron chi connectivity index (χ3n) is 6.45. The number of aromatic amines is 2. The van der Waals surface area contributed by atoms with Crippen LogP contribution >= 0.6 is 0 Å². The number of ether oxygens (including phenoxy) is 1. The Morgan fingerprint density at radius 2 is 1.33 bits per heavy atom. The van der Waals surface area contributed by atoms with E-state index in [0.717, 1.165) is 22.2 Å². The maximum Gasteiger partial charge on any atom is 0.119 e. The van der Waals surface area contributed by atoms with Gasteiger partial charge in [0, 0.05) is 50.7 Å². The van der Waals surface area contributed by atoms with E-state index >= 15 is 0 Å². The second kappa shape index (κ2) is 8.03. The minimum absolute atomic E-state index is 0.0643. The van der Waals surface area contributed by atoms with Crippen molar-refractivity contribution in [2.24, 2.45) is 0 Å². The van der Waals surface area contributed by atoms with Crippen LogP contribution in [0, 0.1) is 0 Å². The van der Waals surface area contributed by atoms with Gasteiger partial charge in [-0.25, -0.2) is 0 Å². The van der Waals surface area contributed by atoms with Gasteiger partial charge in [0.15, 0.2) is 0 Å². The molecule has 2 aromatic heterocycles. The number of hydrogen-bond donors (Lipinski definition) is 2. The van der Waals surface area contributed by atoms with Gasteiger partial charge in [0.05, 0.1) is 7.11 Å². The van der Waals surface area contributed by atoms with Crippen molar-refractivity contribution in [1.29, 1.82) is 0 Å². The minimum atomic E-state index is 0.0643. The summed E-state index contributed by atoms with van der Waals surface area (Å²) in [4.78, 5) is 7.27. The first-order valence-corrected chi connectivity index (χ1v) is 11.2. The topological polar surface area (TPSA) is 40.8 Å². The molecule has 0 aliphatic carbocycles. The van der Waals surface area contributed by atoms with Crippen molar-refractivity contribution in [2.75, 3.05) is 7.11 Å². The molecule has 2 N–H and O–H groups in total. The normalized spacial score (nSPS) is 11.5. The Balaban J connectivity index is 1.71. The number of fused-ring (bicyclic) bond motifs is 2. The highest BCUT2D eigenvalue weighted by Gasteiger charge is 2.26. The highest BCUT2D eigenvalue weighted by atomic mass is 16.5. The zero-order valence-electron chi connectivity index (χ0n) is 18.4. The van der Waals surface area contributed by atoms with Crippen molar-refractivity contribution in [3.05, 3.63) is 126 Å². The Morgan fingerprint density at radius 3 is 2.03 bits per heavy atom. The predicted octanol–water partition coefficient (Wildman–Crippen LogP) is 7.51. The Morgan fingerprint density at radius 1 is 0.667 bits per heavy atom. The van der Waals surface area contributed by atoms with E-state index in [1.54, 1.807) is 7.11 Å². The molecular formula is C30H24N2O. The molecule has 0 bridgehead atoms. The van der Waals surface area contributed by atoms with Gasteiger partial charge in [0.1, 0.15) is 5.75 Å². The van der Waals surface area contributed by atoms with Crippen LogP contribution in [0.5, 0.6) is 5.75 Å². The Kier molecular flexibility index (Phi) is 4.73. The molecule has 3 heteroatoms. The number of rotatable bonds is 5. The Bertz CT molecular complexity index is 1500. The SMILES string of the molecule is COc1ccc2[nH]c(C(c3ccccc3)c3ccccc3)c(-c3c[nH]c4ccccc34)c2c1. The van der Waals surface area contributed by atoms with Crippen LogP contribution in [0.25, 0.3) is 32.9 Å². The van der Waals surface area contributed by atoms with E-state index in [1.807, 2.05) is 6.07 Å². The first-order valence-electron chi connectivity index (χ1n) is 11.2. The summed E-state index contributed by atoms with van der Waals surface area (Å²) in [5, 5.41) is 2.37. The standard InChI is InChI=1S/C30H24N2O/c1-33-22-16-17-27-24(18-22)29(25-19-31-26-15-9-8-14-23(25)26)30(32-27)28(20-10-4-2-5-11-20)21-12-6-3-7-13-21/h2-19,28,31-32H,1H3. The summed E-state index contributed by atoms with van der Waals surface area (Å²) in [6.45, 7) is 0. The van der Waals surface area contributed by atoms with E-state index in [4.69, 9.17) is 4.74 Å². The molecule has 0 radical (unpaired) electrons. The lowest BCUT2D eigenvalue weighted by Crippen LogP contribution is -2.05. The van der Waals surface area contributed by atoms with E-state index in [0.29, 0.717) is 0 Å². The third-order valence-corrected chi connectivity index (χ3v) is 6.45. The lowest BCUT2D eigenvalue weighted by atomic mass is 9.85. The molecule has 0 amide bonds. The molecule has 0 saturated heterocycles. The fraction of sp³-hybridized carbons (Fsp3) is 0.0667. The molecule has 4 aromatic carbocycles. The summed E-state index contributed by atoms with van der Waals surface area (Å²) in [7, 11) is 1.72. The second-order valence-corrected chi connectivity index (χ2v) is 8.33. The van der Waals surface area contributed by atoms with Crippen molar-refractivity contribution in [1.82, 2.24) is 9.97 Å². The van der Waals surface area contributed by atoms with Crippen LogP contribution in [0.2, 0.25) is 0 Å². The lowest BCUT2D eigenvalue weighted by Gasteiger charge is -2.19. The quantitative estimate of drug-likeness (QED) is 0.293. The van der Waals surface area contributed by atoms with Crippen LogP contribution in [0.3, 0.4) is 0 Å². The van der Waals surface area contributed by atoms with Crippen molar-refractivity contribution in [3.8, 4) is 16.9 Å². The molecule has 6 aromatic rings. The summed E-state index contributed by atoms with van der Waals surface area (Å²) in [5.74, 6) is 0.916. The fourth-order valence-corrected chi connectivity index (χ4v) is 4.92. The van der Waals surface area contributed by atoms with Gasteiger partial charge >= 0.3 is 0 Å². The Labute approximate surface area is 192 Å². The third kappa shape index (κ3) is 3.30. The summed E-state index contributed by atoms with van der Waals surface area (Å²) >= 11 is 0. The number of nitrogens with one attached hydrogen (secondary N) is 2. The average molecular weight is 429 g/mol. The fourth-order valence-electron chi connectivity index (χ4n) is 4.92. The van der Waals surface area contributed by atoms with Gasteiger partial charge in [-0.3, -0.25) is 0 Å². The summed E-state index contributed by atoms with van der Waals surface area (Å²) in [5.41, 5.74) is 8.32. The van der Waals surface area contributed by atoms with Crippen LogP contribution < -0.4 is 4.74 Å². The van der Waals surface area contributed by atoms with E-state index in [2.05, 4.69) is 113 Å². The van der Waals surface area contributed by atoms with Crippen LogP contribution in [0.15, 0.2) is 109 Å². The first kappa shape index (κ1) is 19.4. The minimum Gasteiger partial charge on any atom is -0.497 e. The van der Waals surface area contributed by atoms with E-state index < -0.39 is 0 Å². The van der Waals surface area contributed by atoms with Crippen LogP contribution in [0.1, 0.15) is 22.7 Å². The first-order chi connectivity index (χ1) is 16.3. The molecule has 0 aliphatic heterocycles. The van der Waals surface area contributed by atoms with Crippen molar-refractivity contribution >= 4 is 21.8 Å². The molecule has 0 saturated carbocycles. The maximum absolute atomic E-state index is 5.60. The highest BCUT2D eigenvalue weighted by molar-refractivity contribution is 6.06. The lowest BCUT2D eigenvalue weighted by molar-refractivity contribution is 0.415. The van der Waals surface area contributed by atoms with Crippen LogP contribution in [-0.4, -0.2) is 17.1 Å². The number of benzene rings is 4. The molecule has 160 valence electrons. The summed E-state index contributed by atoms with van der Waals surface area (Å²) < 4.78 is 5.60. The van der Waals surface area contributed by atoms with Crippen molar-refractivity contribution in [3.63, 3.8) is 0 Å². The zero-order chi connectivity index (χ0) is 22.2. The maximum atomic E-state index is 5.60. The smallest absolute Gasteiger partial charge is 0.119 e. The largest absolute Gasteiger partial charge is 0.497 e. The monoisotopic (exact) mass is 428 g/mol. The molecule has 33 heavy (non-hydrogen) atoms. The molecule has 3 nitrogen and oxygen atoms in total. The predicted molar refractivity (Wildman–Crippen MR) is 136 cm³/mol. The van der Waals surface area contributed by atoms with Gasteiger partial charge in [-0.05, 0) is 35.4 Å². The van der Waals surface area contributed by atoms with Gasteiger partial charge < -0.3 is 14.7 Å². The van der Waals surface area contributed by atoms with Gasteiger partial charge in [0.2, 0.25) is 0 Å². The van der Waals surface area contributed by atoms with E-state index in [9.17, 15) is 0 Å². The molecule has 0 unspecified atom stereocenters. The summed E-state index contributed by atoms with van der Waals surface area (Å²) in [6, 6.07) is 36.2. The number of H-pyrrole nitrogens is 2. The van der Waals surface area contributed by atoms with E-state index in [-0.39, 0.29) is 5.92 Å². The number of aromatic nitrogens is 2. The van der Waals surface area contributed by atoms with Crippen molar-refractivity contribution in [2.45, 2.75) is 5.92 Å². The van der Waals surface area contributed by atoms with Crippen LogP contribution in [0.4, 0.5) is 0 Å². The highest BCUT2D eigenvalue weighted by Crippen LogP contribution is 2.44. The van der Waals surface area contributed by atoms with E-state index in [1.165, 1.54) is 33.3 Å². The molecule has 0 fully saturated rings. The van der Waals surface area contributed by atoms with Gasteiger partial charge in [0.25, 0.3) is 0 Å². The second-order valence-electron chi connectivity index (χ2n) is 8.33. The van der Waals surface area contributed by atoms with Crippen LogP contribution in [-0.2, 0) is 0 Å². The summed E-state index contributed by atoms with van der Waals surface area (Å²) in [6.07, 6.45) is 2.13. The molecule has 0 atom stereocenters.